The molecule has 5 nitrogen and oxygen atoms in total. The van der Waals surface area contributed by atoms with Crippen LogP contribution in [0.1, 0.15) is 0 Å². The van der Waals surface area contributed by atoms with Crippen LogP contribution in [0.2, 0.25) is 0 Å². The van der Waals surface area contributed by atoms with Crippen molar-refractivity contribution in [2.75, 3.05) is 6.61 Å². The highest BCUT2D eigenvalue weighted by molar-refractivity contribution is 5.78. The summed E-state index contributed by atoms with van der Waals surface area (Å²) >= 11 is 0. The molecule has 5 heteroatoms. The molecule has 1 aliphatic heterocycles. The zero-order chi connectivity index (χ0) is 11.5. The minimum Gasteiger partial charge on any atom is -0.425 e. The maximum atomic E-state index is 11.6. The average molecular weight is 224 g/mol. The number of aliphatic hydroxyl groups excluding tert-OH is 2. The minimum atomic E-state index is -1.23. The molecule has 86 valence electrons. The summed E-state index contributed by atoms with van der Waals surface area (Å²) in [6, 6.07) is 8.49. The van der Waals surface area contributed by atoms with Crippen molar-refractivity contribution in [1.29, 1.82) is 0 Å². The summed E-state index contributed by atoms with van der Waals surface area (Å²) in [5.41, 5.74) is 0. The molecule has 0 amide bonds. The van der Waals surface area contributed by atoms with Gasteiger partial charge in [-0.05, 0) is 12.1 Å². The zero-order valence-corrected chi connectivity index (χ0v) is 8.45. The molecule has 16 heavy (non-hydrogen) atoms. The summed E-state index contributed by atoms with van der Waals surface area (Å²) in [4.78, 5) is 11.6. The maximum Gasteiger partial charge on any atom is 0.343 e. The summed E-state index contributed by atoms with van der Waals surface area (Å²) in [5.74, 6) is -0.320. The lowest BCUT2D eigenvalue weighted by Crippen LogP contribution is -2.38. The van der Waals surface area contributed by atoms with Crippen LogP contribution in [0.5, 0.6) is 5.75 Å². The number of esters is 1. The second kappa shape index (κ2) is 4.61. The SMILES string of the molecule is O=C(Oc1ccccc1)[C@H]1OC[C@@H](O)[C@H]1O. The fraction of sp³-hybridized carbons (Fsp3) is 0.364. The van der Waals surface area contributed by atoms with Gasteiger partial charge in [0.05, 0.1) is 6.61 Å². The van der Waals surface area contributed by atoms with Crippen molar-refractivity contribution in [3.63, 3.8) is 0 Å². The molecule has 2 N–H and O–H groups in total. The van der Waals surface area contributed by atoms with E-state index < -0.39 is 24.3 Å². The van der Waals surface area contributed by atoms with E-state index in [1.54, 1.807) is 30.3 Å². The molecular weight excluding hydrogens is 212 g/mol. The van der Waals surface area contributed by atoms with Crippen molar-refractivity contribution in [1.82, 2.24) is 0 Å². The molecule has 3 atom stereocenters. The standard InChI is InChI=1S/C11H12O5/c12-8-6-15-10(9(8)13)11(14)16-7-4-2-1-3-5-7/h1-5,8-10,12-13H,6H2/t8-,9-,10+/m1/s1. The zero-order valence-electron chi connectivity index (χ0n) is 8.45. The number of aliphatic hydroxyl groups is 2. The van der Waals surface area contributed by atoms with Gasteiger partial charge in [-0.1, -0.05) is 18.2 Å². The van der Waals surface area contributed by atoms with Gasteiger partial charge in [0.1, 0.15) is 18.0 Å². The Morgan fingerprint density at radius 1 is 1.31 bits per heavy atom. The Balaban J connectivity index is 1.99. The van der Waals surface area contributed by atoms with E-state index in [2.05, 4.69) is 0 Å². The van der Waals surface area contributed by atoms with Crippen LogP contribution in [0, 0.1) is 0 Å². The fourth-order valence-corrected chi connectivity index (χ4v) is 1.47. The third-order valence-electron chi connectivity index (χ3n) is 2.34. The minimum absolute atomic E-state index is 0.0598. The predicted octanol–water partition coefficient (Wildman–Crippen LogP) is -0.287. The van der Waals surface area contributed by atoms with E-state index in [0.29, 0.717) is 5.75 Å². The summed E-state index contributed by atoms with van der Waals surface area (Å²) < 4.78 is 9.92. The van der Waals surface area contributed by atoms with E-state index >= 15 is 0 Å². The monoisotopic (exact) mass is 224 g/mol. The van der Waals surface area contributed by atoms with Crippen LogP contribution < -0.4 is 4.74 Å². The number of carbonyl (C=O) groups excluding carboxylic acids is 1. The molecule has 0 bridgehead atoms. The molecule has 1 aromatic carbocycles. The van der Waals surface area contributed by atoms with Crippen molar-refractivity contribution < 1.29 is 24.5 Å². The van der Waals surface area contributed by atoms with Crippen molar-refractivity contribution >= 4 is 5.97 Å². The predicted molar refractivity (Wildman–Crippen MR) is 53.8 cm³/mol. The fourth-order valence-electron chi connectivity index (χ4n) is 1.47. The number of para-hydroxylation sites is 1. The first-order valence-electron chi connectivity index (χ1n) is 4.93. The van der Waals surface area contributed by atoms with Gasteiger partial charge < -0.3 is 19.7 Å². The van der Waals surface area contributed by atoms with E-state index in [9.17, 15) is 15.0 Å². The van der Waals surface area contributed by atoms with Crippen molar-refractivity contribution in [3.8, 4) is 5.75 Å². The number of ether oxygens (including phenoxy) is 2. The average Bonchev–Trinajstić information content (AvgIpc) is 2.61. The number of hydrogen-bond donors (Lipinski definition) is 2. The summed E-state index contributed by atoms with van der Waals surface area (Å²) in [5, 5.41) is 18.6. The number of hydrogen-bond acceptors (Lipinski definition) is 5. The molecular formula is C11H12O5. The second-order valence-corrected chi connectivity index (χ2v) is 3.55. The van der Waals surface area contributed by atoms with Gasteiger partial charge in [0.25, 0.3) is 0 Å². The third kappa shape index (κ3) is 2.21. The molecule has 2 rings (SSSR count). The molecule has 0 spiro atoms. The molecule has 0 aliphatic carbocycles. The highest BCUT2D eigenvalue weighted by Gasteiger charge is 2.40. The quantitative estimate of drug-likeness (QED) is 0.533. The van der Waals surface area contributed by atoms with Gasteiger partial charge in [-0.25, -0.2) is 4.79 Å². The van der Waals surface area contributed by atoms with Gasteiger partial charge in [-0.2, -0.15) is 0 Å². The lowest BCUT2D eigenvalue weighted by molar-refractivity contribution is -0.148. The largest absolute Gasteiger partial charge is 0.425 e. The molecule has 1 aromatic rings. The van der Waals surface area contributed by atoms with Crippen LogP contribution in [-0.4, -0.2) is 41.1 Å². The normalized spacial score (nSPS) is 29.0. The van der Waals surface area contributed by atoms with Crippen LogP contribution in [0.15, 0.2) is 30.3 Å². The summed E-state index contributed by atoms with van der Waals surface area (Å²) in [7, 11) is 0. The van der Waals surface area contributed by atoms with E-state index in [1.165, 1.54) is 0 Å². The van der Waals surface area contributed by atoms with Crippen LogP contribution in [0.4, 0.5) is 0 Å². The number of benzene rings is 1. The maximum absolute atomic E-state index is 11.6. The molecule has 1 aliphatic rings. The van der Waals surface area contributed by atoms with Gasteiger partial charge in [-0.3, -0.25) is 0 Å². The van der Waals surface area contributed by atoms with Gasteiger partial charge >= 0.3 is 5.97 Å². The first-order chi connectivity index (χ1) is 7.68. The Bertz CT molecular complexity index is 364. The van der Waals surface area contributed by atoms with E-state index in [1.807, 2.05) is 0 Å². The Hall–Kier alpha value is -1.43. The smallest absolute Gasteiger partial charge is 0.343 e. The molecule has 1 fully saturated rings. The summed E-state index contributed by atoms with van der Waals surface area (Å²) in [6.45, 7) is -0.0598. The molecule has 0 radical (unpaired) electrons. The number of carbonyl (C=O) groups is 1. The van der Waals surface area contributed by atoms with Crippen LogP contribution >= 0.6 is 0 Å². The Morgan fingerprint density at radius 3 is 2.56 bits per heavy atom. The lowest BCUT2D eigenvalue weighted by Gasteiger charge is -2.13. The van der Waals surface area contributed by atoms with Crippen molar-refractivity contribution in [2.24, 2.45) is 0 Å². The molecule has 1 heterocycles. The molecule has 0 aromatic heterocycles. The van der Waals surface area contributed by atoms with Crippen molar-refractivity contribution in [3.05, 3.63) is 30.3 Å². The first-order valence-corrected chi connectivity index (χ1v) is 4.93. The van der Waals surface area contributed by atoms with E-state index in [4.69, 9.17) is 9.47 Å². The highest BCUT2D eigenvalue weighted by Crippen LogP contribution is 2.17. The van der Waals surface area contributed by atoms with Crippen molar-refractivity contribution in [2.45, 2.75) is 18.3 Å². The Kier molecular flexibility index (Phi) is 3.19. The van der Waals surface area contributed by atoms with E-state index in [-0.39, 0.29) is 6.61 Å². The van der Waals surface area contributed by atoms with Gasteiger partial charge in [0, 0.05) is 0 Å². The molecule has 0 saturated carbocycles. The lowest BCUT2D eigenvalue weighted by atomic mass is 10.1. The third-order valence-corrected chi connectivity index (χ3v) is 2.34. The Morgan fingerprint density at radius 2 is 2.00 bits per heavy atom. The molecule has 1 saturated heterocycles. The first kappa shape index (κ1) is 11.1. The van der Waals surface area contributed by atoms with Crippen LogP contribution in [-0.2, 0) is 9.53 Å². The van der Waals surface area contributed by atoms with E-state index in [0.717, 1.165) is 0 Å². The van der Waals surface area contributed by atoms with Crippen LogP contribution in [0.3, 0.4) is 0 Å². The topological polar surface area (TPSA) is 76.0 Å². The van der Waals surface area contributed by atoms with Gasteiger partial charge in [0.2, 0.25) is 0 Å². The highest BCUT2D eigenvalue weighted by atomic mass is 16.6. The van der Waals surface area contributed by atoms with Gasteiger partial charge in [-0.15, -0.1) is 0 Å². The summed E-state index contributed by atoms with van der Waals surface area (Å²) in [6.07, 6.45) is -3.38. The van der Waals surface area contributed by atoms with Gasteiger partial charge in [0.15, 0.2) is 6.10 Å². The molecule has 0 unspecified atom stereocenters. The number of rotatable bonds is 2. The Labute approximate surface area is 92.2 Å². The second-order valence-electron chi connectivity index (χ2n) is 3.55. The van der Waals surface area contributed by atoms with Crippen LogP contribution in [0.25, 0.3) is 0 Å².